The minimum absolute atomic E-state index is 0.802. The summed E-state index contributed by atoms with van der Waals surface area (Å²) in [5.74, 6) is 2.83. The molecule has 0 radical (unpaired) electrons. The first-order valence-electron chi connectivity index (χ1n) is 9.45. The molecule has 1 aromatic rings. The molecule has 140 valence electrons. The summed E-state index contributed by atoms with van der Waals surface area (Å²) in [6.07, 6.45) is 3.63. The van der Waals surface area contributed by atoms with Crippen LogP contribution in [-0.4, -0.2) is 56.5 Å². The zero-order valence-electron chi connectivity index (χ0n) is 16.0. The first-order chi connectivity index (χ1) is 12.2. The van der Waals surface area contributed by atoms with Crippen LogP contribution in [0.1, 0.15) is 31.7 Å². The number of aliphatic imine (C=N–C) groups is 1. The Labute approximate surface area is 157 Å². The molecule has 1 N–H and O–H groups in total. The molecule has 1 aliphatic heterocycles. The van der Waals surface area contributed by atoms with Gasteiger partial charge in [0.2, 0.25) is 0 Å². The number of aryl methyl sites for hydroxylation is 1. The maximum absolute atomic E-state index is 5.45. The van der Waals surface area contributed by atoms with Gasteiger partial charge in [-0.05, 0) is 51.2 Å². The van der Waals surface area contributed by atoms with E-state index in [1.165, 1.54) is 29.7 Å². The minimum Gasteiger partial charge on any atom is -0.381 e. The van der Waals surface area contributed by atoms with E-state index in [-0.39, 0.29) is 0 Å². The second-order valence-corrected chi connectivity index (χ2v) is 7.83. The molecule has 0 aliphatic carbocycles. The van der Waals surface area contributed by atoms with Gasteiger partial charge in [-0.2, -0.15) is 0 Å². The summed E-state index contributed by atoms with van der Waals surface area (Å²) in [6.45, 7) is 8.91. The number of hydrogen-bond donors (Lipinski definition) is 1. The number of nitrogens with zero attached hydrogens (tertiary/aromatic N) is 2. The molecule has 0 aromatic heterocycles. The lowest BCUT2D eigenvalue weighted by atomic mass is 9.96. The number of benzene rings is 1. The topological polar surface area (TPSA) is 36.9 Å². The van der Waals surface area contributed by atoms with Gasteiger partial charge < -0.3 is 15.0 Å². The summed E-state index contributed by atoms with van der Waals surface area (Å²) in [5, 5.41) is 3.42. The lowest BCUT2D eigenvalue weighted by Crippen LogP contribution is -2.40. The largest absolute Gasteiger partial charge is 0.381 e. The fourth-order valence-electron chi connectivity index (χ4n) is 2.94. The Morgan fingerprint density at radius 2 is 2.00 bits per heavy atom. The van der Waals surface area contributed by atoms with E-state index >= 15 is 0 Å². The van der Waals surface area contributed by atoms with Crippen molar-refractivity contribution in [2.24, 2.45) is 10.9 Å². The Morgan fingerprint density at radius 3 is 2.68 bits per heavy atom. The standard InChI is InChI=1S/C20H33N3OS/c1-4-21-20(23(3)13-9-18-10-14-24-15-11-18)22-12-16-25-19-7-5-17(2)6-8-19/h5-8,18H,4,9-16H2,1-3H3,(H,21,22). The van der Waals surface area contributed by atoms with Crippen molar-refractivity contribution >= 4 is 17.7 Å². The van der Waals surface area contributed by atoms with Crippen molar-refractivity contribution in [3.63, 3.8) is 0 Å². The number of nitrogens with one attached hydrogen (secondary N) is 1. The summed E-state index contributed by atoms with van der Waals surface area (Å²) in [5.41, 5.74) is 1.31. The van der Waals surface area contributed by atoms with E-state index in [1.54, 1.807) is 0 Å². The molecule has 0 saturated carbocycles. The van der Waals surface area contributed by atoms with Crippen LogP contribution in [0.4, 0.5) is 0 Å². The van der Waals surface area contributed by atoms with Crippen LogP contribution >= 0.6 is 11.8 Å². The second-order valence-electron chi connectivity index (χ2n) is 6.66. The molecule has 1 saturated heterocycles. The van der Waals surface area contributed by atoms with Gasteiger partial charge in [-0.1, -0.05) is 17.7 Å². The predicted molar refractivity (Wildman–Crippen MR) is 109 cm³/mol. The van der Waals surface area contributed by atoms with Crippen LogP contribution in [0.2, 0.25) is 0 Å². The third-order valence-electron chi connectivity index (χ3n) is 4.55. The highest BCUT2D eigenvalue weighted by Crippen LogP contribution is 2.19. The van der Waals surface area contributed by atoms with E-state index in [2.05, 4.69) is 55.4 Å². The minimum atomic E-state index is 0.802. The highest BCUT2D eigenvalue weighted by molar-refractivity contribution is 7.99. The molecule has 25 heavy (non-hydrogen) atoms. The molecule has 0 amide bonds. The Bertz CT molecular complexity index is 512. The van der Waals surface area contributed by atoms with Gasteiger partial charge in [0.25, 0.3) is 0 Å². The zero-order chi connectivity index (χ0) is 17.9. The molecular weight excluding hydrogens is 330 g/mol. The third-order valence-corrected chi connectivity index (χ3v) is 5.54. The number of guanidine groups is 1. The molecule has 0 bridgehead atoms. The van der Waals surface area contributed by atoms with E-state index in [1.807, 2.05) is 11.8 Å². The van der Waals surface area contributed by atoms with Gasteiger partial charge in [0, 0.05) is 44.0 Å². The molecule has 1 aromatic carbocycles. The summed E-state index contributed by atoms with van der Waals surface area (Å²) >= 11 is 1.87. The van der Waals surface area contributed by atoms with Crippen LogP contribution in [0.5, 0.6) is 0 Å². The van der Waals surface area contributed by atoms with Gasteiger partial charge in [0.15, 0.2) is 5.96 Å². The Hall–Kier alpha value is -1.20. The van der Waals surface area contributed by atoms with E-state index in [9.17, 15) is 0 Å². The second kappa shape index (κ2) is 11.4. The van der Waals surface area contributed by atoms with E-state index in [0.717, 1.165) is 50.5 Å². The number of ether oxygens (including phenoxy) is 1. The van der Waals surface area contributed by atoms with Crippen molar-refractivity contribution in [3.8, 4) is 0 Å². The SMILES string of the molecule is CCNC(=NCCSc1ccc(C)cc1)N(C)CCC1CCOCC1. The van der Waals surface area contributed by atoms with Gasteiger partial charge in [-0.15, -0.1) is 11.8 Å². The van der Waals surface area contributed by atoms with E-state index in [4.69, 9.17) is 9.73 Å². The lowest BCUT2D eigenvalue weighted by molar-refractivity contribution is 0.0625. The van der Waals surface area contributed by atoms with Crippen LogP contribution in [-0.2, 0) is 4.74 Å². The monoisotopic (exact) mass is 363 g/mol. The average Bonchev–Trinajstić information content (AvgIpc) is 2.64. The maximum Gasteiger partial charge on any atom is 0.193 e. The number of hydrogen-bond acceptors (Lipinski definition) is 3. The van der Waals surface area contributed by atoms with Crippen LogP contribution < -0.4 is 5.32 Å². The molecular formula is C20H33N3OS. The first-order valence-corrected chi connectivity index (χ1v) is 10.4. The first kappa shape index (κ1) is 20.1. The van der Waals surface area contributed by atoms with E-state index < -0.39 is 0 Å². The van der Waals surface area contributed by atoms with Crippen LogP contribution in [0.25, 0.3) is 0 Å². The van der Waals surface area contributed by atoms with Crippen molar-refractivity contribution in [2.75, 3.05) is 45.6 Å². The van der Waals surface area contributed by atoms with Gasteiger partial charge in [0.05, 0.1) is 6.54 Å². The van der Waals surface area contributed by atoms with E-state index in [0.29, 0.717) is 0 Å². The Balaban J connectivity index is 1.74. The van der Waals surface area contributed by atoms with Crippen LogP contribution in [0.3, 0.4) is 0 Å². The number of rotatable bonds is 8. The smallest absolute Gasteiger partial charge is 0.193 e. The van der Waals surface area contributed by atoms with Crippen molar-refractivity contribution in [1.29, 1.82) is 0 Å². The normalized spacial score (nSPS) is 16.0. The molecule has 1 heterocycles. The van der Waals surface area contributed by atoms with Crippen molar-refractivity contribution in [2.45, 2.75) is 38.0 Å². The zero-order valence-corrected chi connectivity index (χ0v) is 16.8. The molecule has 0 spiro atoms. The maximum atomic E-state index is 5.45. The summed E-state index contributed by atoms with van der Waals surface area (Å²) in [7, 11) is 2.15. The Morgan fingerprint density at radius 1 is 1.28 bits per heavy atom. The van der Waals surface area contributed by atoms with Crippen molar-refractivity contribution < 1.29 is 4.74 Å². The third kappa shape index (κ3) is 7.70. The molecule has 1 aliphatic rings. The quantitative estimate of drug-likeness (QED) is 0.330. The highest BCUT2D eigenvalue weighted by Gasteiger charge is 2.15. The molecule has 5 heteroatoms. The van der Waals surface area contributed by atoms with Gasteiger partial charge >= 0.3 is 0 Å². The molecule has 0 unspecified atom stereocenters. The van der Waals surface area contributed by atoms with Gasteiger partial charge in [0.1, 0.15) is 0 Å². The molecule has 0 atom stereocenters. The van der Waals surface area contributed by atoms with Crippen LogP contribution in [0.15, 0.2) is 34.2 Å². The molecule has 1 fully saturated rings. The summed E-state index contributed by atoms with van der Waals surface area (Å²) < 4.78 is 5.45. The number of thioether (sulfide) groups is 1. The summed E-state index contributed by atoms with van der Waals surface area (Å²) in [6, 6.07) is 8.71. The highest BCUT2D eigenvalue weighted by atomic mass is 32.2. The lowest BCUT2D eigenvalue weighted by Gasteiger charge is -2.26. The summed E-state index contributed by atoms with van der Waals surface area (Å²) in [4.78, 5) is 8.39. The Kier molecular flexibility index (Phi) is 9.19. The molecule has 4 nitrogen and oxygen atoms in total. The van der Waals surface area contributed by atoms with Crippen molar-refractivity contribution in [1.82, 2.24) is 10.2 Å². The van der Waals surface area contributed by atoms with Crippen molar-refractivity contribution in [3.05, 3.63) is 29.8 Å². The molecule has 2 rings (SSSR count). The fraction of sp³-hybridized carbons (Fsp3) is 0.650. The predicted octanol–water partition coefficient (Wildman–Crippen LogP) is 3.80. The van der Waals surface area contributed by atoms with Crippen LogP contribution in [0, 0.1) is 12.8 Å². The average molecular weight is 364 g/mol. The van der Waals surface area contributed by atoms with Gasteiger partial charge in [-0.25, -0.2) is 0 Å². The van der Waals surface area contributed by atoms with Gasteiger partial charge in [-0.3, -0.25) is 4.99 Å². The fourth-order valence-corrected chi connectivity index (χ4v) is 3.68.